The predicted octanol–water partition coefficient (Wildman–Crippen LogP) is 3.18. The van der Waals surface area contributed by atoms with Crippen molar-refractivity contribution in [2.24, 2.45) is 10.9 Å². The minimum absolute atomic E-state index is 0.297. The molecule has 0 aliphatic carbocycles. The van der Waals surface area contributed by atoms with Gasteiger partial charge in [0.1, 0.15) is 0 Å². The van der Waals surface area contributed by atoms with Crippen molar-refractivity contribution in [3.63, 3.8) is 0 Å². The lowest BCUT2D eigenvalue weighted by Gasteiger charge is -2.20. The van der Waals surface area contributed by atoms with Crippen LogP contribution in [0, 0.1) is 5.92 Å². The number of halogens is 3. The maximum absolute atomic E-state index is 12.7. The van der Waals surface area contributed by atoms with E-state index in [4.69, 9.17) is 0 Å². The highest BCUT2D eigenvalue weighted by Crippen LogP contribution is 2.29. The lowest BCUT2D eigenvalue weighted by atomic mass is 10.1. The van der Waals surface area contributed by atoms with Gasteiger partial charge in [-0.2, -0.15) is 13.2 Å². The van der Waals surface area contributed by atoms with Gasteiger partial charge < -0.3 is 15.5 Å². The average Bonchev–Trinajstić information content (AvgIpc) is 3.34. The smallest absolute Gasteiger partial charge is 0.356 e. The molecule has 3 rings (SSSR count). The Bertz CT molecular complexity index is 689. The van der Waals surface area contributed by atoms with Crippen LogP contribution < -0.4 is 10.6 Å². The van der Waals surface area contributed by atoms with Crippen LogP contribution in [0.5, 0.6) is 0 Å². The number of likely N-dealkylation sites (tertiary alicyclic amines) is 2. The van der Waals surface area contributed by atoms with Crippen molar-refractivity contribution in [3.05, 3.63) is 35.4 Å². The number of hydrogen-bond acceptors (Lipinski definition) is 3. The van der Waals surface area contributed by atoms with Gasteiger partial charge in [0.2, 0.25) is 0 Å². The van der Waals surface area contributed by atoms with Gasteiger partial charge in [0.05, 0.1) is 5.56 Å². The van der Waals surface area contributed by atoms with Gasteiger partial charge in [-0.1, -0.05) is 19.1 Å². The first kappa shape index (κ1) is 22.9. The monoisotopic (exact) mass is 425 g/mol. The average molecular weight is 426 g/mol. The fourth-order valence-electron chi connectivity index (χ4n) is 4.38. The van der Waals surface area contributed by atoms with Gasteiger partial charge in [0.15, 0.2) is 5.96 Å². The highest BCUT2D eigenvalue weighted by atomic mass is 19.4. The summed E-state index contributed by atoms with van der Waals surface area (Å²) in [7, 11) is 1.79. The molecule has 168 valence electrons. The van der Waals surface area contributed by atoms with Crippen LogP contribution in [0.1, 0.15) is 37.3 Å². The molecule has 8 heteroatoms. The molecule has 1 aromatic carbocycles. The van der Waals surface area contributed by atoms with E-state index in [2.05, 4.69) is 32.3 Å². The summed E-state index contributed by atoms with van der Waals surface area (Å²) in [5.41, 5.74) is 0.311. The molecule has 2 atom stereocenters. The molecule has 0 aromatic heterocycles. The highest BCUT2D eigenvalue weighted by molar-refractivity contribution is 5.80. The molecule has 2 N–H and O–H groups in total. The predicted molar refractivity (Wildman–Crippen MR) is 114 cm³/mol. The molecule has 1 aromatic rings. The Morgan fingerprint density at radius 3 is 2.50 bits per heavy atom. The topological polar surface area (TPSA) is 42.9 Å². The third-order valence-electron chi connectivity index (χ3n) is 5.99. The molecule has 0 radical (unpaired) electrons. The molecule has 2 heterocycles. The van der Waals surface area contributed by atoms with Crippen LogP contribution >= 0.6 is 0 Å². The number of alkyl halides is 3. The van der Waals surface area contributed by atoms with E-state index in [-0.39, 0.29) is 0 Å². The summed E-state index contributed by atoms with van der Waals surface area (Å²) >= 11 is 0. The maximum Gasteiger partial charge on any atom is 0.416 e. The third-order valence-corrected chi connectivity index (χ3v) is 5.99. The van der Waals surface area contributed by atoms with Gasteiger partial charge in [-0.25, -0.2) is 0 Å². The van der Waals surface area contributed by atoms with Crippen LogP contribution in [-0.2, 0) is 12.7 Å². The molecule has 2 aliphatic rings. The number of nitrogens with one attached hydrogen (secondary N) is 2. The summed E-state index contributed by atoms with van der Waals surface area (Å²) in [5.74, 6) is 1.50. The van der Waals surface area contributed by atoms with Gasteiger partial charge in [-0.15, -0.1) is 0 Å². The number of rotatable bonds is 7. The molecule has 2 fully saturated rings. The minimum Gasteiger partial charge on any atom is -0.356 e. The van der Waals surface area contributed by atoms with Gasteiger partial charge in [0.25, 0.3) is 0 Å². The molecular formula is C22H34F3N5. The van der Waals surface area contributed by atoms with Gasteiger partial charge in [-0.3, -0.25) is 9.89 Å². The second-order valence-electron chi connectivity index (χ2n) is 8.47. The summed E-state index contributed by atoms with van der Waals surface area (Å²) in [4.78, 5) is 9.16. The fourth-order valence-corrected chi connectivity index (χ4v) is 4.38. The molecular weight excluding hydrogens is 391 g/mol. The molecule has 0 saturated carbocycles. The van der Waals surface area contributed by atoms with Gasteiger partial charge in [-0.05, 0) is 56.0 Å². The number of benzene rings is 1. The molecule has 30 heavy (non-hydrogen) atoms. The van der Waals surface area contributed by atoms with Crippen LogP contribution in [-0.4, -0.2) is 68.1 Å². The zero-order valence-electron chi connectivity index (χ0n) is 18.0. The Hall–Kier alpha value is -1.80. The van der Waals surface area contributed by atoms with Crippen LogP contribution in [0.25, 0.3) is 0 Å². The summed E-state index contributed by atoms with van der Waals surface area (Å²) < 4.78 is 38.1. The summed E-state index contributed by atoms with van der Waals surface area (Å²) in [6, 6.07) is 5.78. The second-order valence-corrected chi connectivity index (χ2v) is 8.47. The Balaban J connectivity index is 1.40. The van der Waals surface area contributed by atoms with E-state index >= 15 is 0 Å². The molecule has 0 amide bonds. The van der Waals surface area contributed by atoms with Crippen molar-refractivity contribution >= 4 is 5.96 Å². The zero-order valence-corrected chi connectivity index (χ0v) is 18.0. The van der Waals surface area contributed by atoms with E-state index in [0.717, 1.165) is 56.3 Å². The molecule has 0 spiro atoms. The maximum atomic E-state index is 12.7. The van der Waals surface area contributed by atoms with Gasteiger partial charge >= 0.3 is 6.18 Å². The third kappa shape index (κ3) is 6.60. The van der Waals surface area contributed by atoms with E-state index in [1.165, 1.54) is 25.9 Å². The first-order valence-corrected chi connectivity index (χ1v) is 11.0. The van der Waals surface area contributed by atoms with Crippen LogP contribution in [0.4, 0.5) is 13.2 Å². The number of nitrogens with zero attached hydrogens (tertiary/aromatic N) is 3. The molecule has 2 saturated heterocycles. The first-order chi connectivity index (χ1) is 14.4. The largest absolute Gasteiger partial charge is 0.416 e. The van der Waals surface area contributed by atoms with Crippen molar-refractivity contribution in [1.29, 1.82) is 0 Å². The summed E-state index contributed by atoms with van der Waals surface area (Å²) in [6.07, 6.45) is -0.853. The summed E-state index contributed by atoms with van der Waals surface area (Å²) in [6.45, 7) is 9.12. The van der Waals surface area contributed by atoms with E-state index in [1.807, 2.05) is 0 Å². The lowest BCUT2D eigenvalue weighted by molar-refractivity contribution is -0.137. The van der Waals surface area contributed by atoms with Crippen molar-refractivity contribution in [2.75, 3.05) is 46.3 Å². The molecule has 2 unspecified atom stereocenters. The van der Waals surface area contributed by atoms with E-state index in [0.29, 0.717) is 18.5 Å². The standard InChI is InChI=1S/C22H34F3N5/c1-3-10-29-11-8-18(15-29)13-27-21(26-2)28-20-9-12-30(16-20)14-17-4-6-19(7-5-17)22(23,24)25/h4-7,18,20H,3,8-16H2,1-2H3,(H2,26,27,28). The Kier molecular flexibility index (Phi) is 7.99. The van der Waals surface area contributed by atoms with Crippen molar-refractivity contribution in [1.82, 2.24) is 20.4 Å². The molecule has 5 nitrogen and oxygen atoms in total. The normalized spacial score (nSPS) is 23.8. The molecule has 0 bridgehead atoms. The molecule has 2 aliphatic heterocycles. The summed E-state index contributed by atoms with van der Waals surface area (Å²) in [5, 5.41) is 6.98. The Morgan fingerprint density at radius 1 is 1.10 bits per heavy atom. The van der Waals surface area contributed by atoms with Crippen LogP contribution in [0.15, 0.2) is 29.3 Å². The number of hydrogen-bond donors (Lipinski definition) is 2. The fraction of sp³-hybridized carbons (Fsp3) is 0.682. The quantitative estimate of drug-likeness (QED) is 0.520. The van der Waals surface area contributed by atoms with Crippen molar-refractivity contribution in [3.8, 4) is 0 Å². The minimum atomic E-state index is -4.28. The number of aliphatic imine (C=N–C) groups is 1. The van der Waals surface area contributed by atoms with Crippen LogP contribution in [0.3, 0.4) is 0 Å². The van der Waals surface area contributed by atoms with E-state index < -0.39 is 11.7 Å². The highest BCUT2D eigenvalue weighted by Gasteiger charge is 2.30. The zero-order chi connectivity index (χ0) is 21.6. The van der Waals surface area contributed by atoms with Gasteiger partial charge in [0, 0.05) is 45.8 Å². The second kappa shape index (κ2) is 10.5. The van der Waals surface area contributed by atoms with E-state index in [9.17, 15) is 13.2 Å². The van der Waals surface area contributed by atoms with Crippen molar-refractivity contribution < 1.29 is 13.2 Å². The SMILES string of the molecule is CCCN1CCC(CNC(=NC)NC2CCN(Cc3ccc(C(F)(F)F)cc3)C2)C1. The number of guanidine groups is 1. The van der Waals surface area contributed by atoms with Crippen LogP contribution in [0.2, 0.25) is 0 Å². The first-order valence-electron chi connectivity index (χ1n) is 11.0. The Morgan fingerprint density at radius 2 is 1.83 bits per heavy atom. The lowest BCUT2D eigenvalue weighted by Crippen LogP contribution is -2.46. The Labute approximate surface area is 177 Å². The van der Waals surface area contributed by atoms with E-state index in [1.54, 1.807) is 19.2 Å². The van der Waals surface area contributed by atoms with Crippen molar-refractivity contribution in [2.45, 2.75) is 44.9 Å².